The van der Waals surface area contributed by atoms with Crippen molar-refractivity contribution < 1.29 is 18.7 Å². The number of esters is 1. The van der Waals surface area contributed by atoms with Gasteiger partial charge in [-0.25, -0.2) is 4.39 Å². The second-order valence-corrected chi connectivity index (χ2v) is 6.48. The maximum atomic E-state index is 13.1. The maximum Gasteiger partial charge on any atom is 0.310 e. The summed E-state index contributed by atoms with van der Waals surface area (Å²) in [5.74, 6) is 0.327. The number of aliphatic imine (C=N–C) groups is 1. The van der Waals surface area contributed by atoms with Crippen LogP contribution < -0.4 is 5.32 Å². The van der Waals surface area contributed by atoms with Crippen molar-refractivity contribution in [2.24, 2.45) is 16.8 Å². The number of rotatable bonds is 6. The second kappa shape index (κ2) is 9.52. The van der Waals surface area contributed by atoms with Gasteiger partial charge < -0.3 is 19.7 Å². The number of hydrogen-bond donors (Lipinski definition) is 1. The third kappa shape index (κ3) is 4.94. The number of hydrogen-bond acceptors (Lipinski definition) is 4. The highest BCUT2D eigenvalue weighted by Gasteiger charge is 2.36. The van der Waals surface area contributed by atoms with Crippen LogP contribution in [0.5, 0.6) is 0 Å². The van der Waals surface area contributed by atoms with Crippen molar-refractivity contribution in [2.45, 2.75) is 20.0 Å². The van der Waals surface area contributed by atoms with Crippen molar-refractivity contribution in [3.8, 4) is 0 Å². The van der Waals surface area contributed by atoms with Crippen molar-refractivity contribution in [3.63, 3.8) is 0 Å². The van der Waals surface area contributed by atoms with E-state index >= 15 is 0 Å². The predicted molar refractivity (Wildman–Crippen MR) is 98.4 cm³/mol. The van der Waals surface area contributed by atoms with Gasteiger partial charge in [0.2, 0.25) is 0 Å². The lowest BCUT2D eigenvalue weighted by Crippen LogP contribution is -2.41. The molecule has 1 N–H and O–H groups in total. The molecule has 0 saturated carbocycles. The molecule has 0 aromatic heterocycles. The fourth-order valence-corrected chi connectivity index (χ4v) is 3.19. The Hall–Kier alpha value is -2.15. The Morgan fingerprint density at radius 2 is 2.04 bits per heavy atom. The van der Waals surface area contributed by atoms with E-state index in [4.69, 9.17) is 9.47 Å². The minimum absolute atomic E-state index is 0.154. The molecule has 1 aliphatic heterocycles. The van der Waals surface area contributed by atoms with Crippen molar-refractivity contribution in [3.05, 3.63) is 35.6 Å². The van der Waals surface area contributed by atoms with Crippen LogP contribution in [0.1, 0.15) is 25.5 Å². The highest BCUT2D eigenvalue weighted by Crippen LogP contribution is 2.24. The Balaban J connectivity index is 2.10. The van der Waals surface area contributed by atoms with Gasteiger partial charge in [0.1, 0.15) is 11.9 Å². The number of carbonyl (C=O) groups excluding carboxylic acids is 1. The van der Waals surface area contributed by atoms with Crippen molar-refractivity contribution >= 4 is 11.9 Å². The molecule has 144 valence electrons. The first-order chi connectivity index (χ1) is 12.5. The molecule has 1 saturated heterocycles. The number of benzene rings is 1. The van der Waals surface area contributed by atoms with Gasteiger partial charge in [0.25, 0.3) is 0 Å². The topological polar surface area (TPSA) is 63.2 Å². The van der Waals surface area contributed by atoms with Gasteiger partial charge in [-0.1, -0.05) is 19.1 Å². The standard InChI is InChI=1S/C19H28FN3O3/c1-5-21-19(23-11-13(2)16(12-23)18(24)26-4)22-10-17(25-3)14-6-8-15(20)9-7-14/h6-9,13,16-17H,5,10-12H2,1-4H3,(H,21,22). The fourth-order valence-electron chi connectivity index (χ4n) is 3.19. The Morgan fingerprint density at radius 3 is 2.62 bits per heavy atom. The van der Waals surface area contributed by atoms with Gasteiger partial charge >= 0.3 is 5.97 Å². The van der Waals surface area contributed by atoms with Gasteiger partial charge in [0, 0.05) is 26.7 Å². The molecule has 7 heteroatoms. The number of guanidine groups is 1. The van der Waals surface area contributed by atoms with Crippen LogP contribution in [0.3, 0.4) is 0 Å². The molecule has 3 atom stereocenters. The average Bonchev–Trinajstić information content (AvgIpc) is 3.03. The molecular formula is C19H28FN3O3. The minimum Gasteiger partial charge on any atom is -0.469 e. The van der Waals surface area contributed by atoms with Gasteiger partial charge in [-0.2, -0.15) is 0 Å². The van der Waals surface area contributed by atoms with Crippen molar-refractivity contribution in [1.82, 2.24) is 10.2 Å². The smallest absolute Gasteiger partial charge is 0.310 e. The zero-order valence-corrected chi connectivity index (χ0v) is 15.9. The summed E-state index contributed by atoms with van der Waals surface area (Å²) < 4.78 is 23.5. The molecule has 0 bridgehead atoms. The van der Waals surface area contributed by atoms with E-state index in [0.717, 1.165) is 24.6 Å². The lowest BCUT2D eigenvalue weighted by atomic mass is 9.99. The lowest BCUT2D eigenvalue weighted by molar-refractivity contribution is -0.145. The summed E-state index contributed by atoms with van der Waals surface area (Å²) >= 11 is 0. The molecule has 0 amide bonds. The molecule has 1 heterocycles. The van der Waals surface area contributed by atoms with E-state index in [-0.39, 0.29) is 29.7 Å². The number of nitrogens with one attached hydrogen (secondary N) is 1. The normalized spacial score (nSPS) is 21.6. The van der Waals surface area contributed by atoms with Crippen LogP contribution >= 0.6 is 0 Å². The number of methoxy groups -OCH3 is 2. The molecule has 1 fully saturated rings. The summed E-state index contributed by atoms with van der Waals surface area (Å²) in [6, 6.07) is 6.24. The van der Waals surface area contributed by atoms with E-state index in [9.17, 15) is 9.18 Å². The minimum atomic E-state index is -0.277. The first kappa shape index (κ1) is 20.2. The monoisotopic (exact) mass is 365 g/mol. The summed E-state index contributed by atoms with van der Waals surface area (Å²) in [7, 11) is 3.03. The quantitative estimate of drug-likeness (QED) is 0.476. The number of likely N-dealkylation sites (tertiary alicyclic amines) is 1. The van der Waals surface area contributed by atoms with Crippen LogP contribution in [-0.2, 0) is 14.3 Å². The van der Waals surface area contributed by atoms with Crippen LogP contribution in [0.15, 0.2) is 29.3 Å². The summed E-state index contributed by atoms with van der Waals surface area (Å²) in [5, 5.41) is 3.27. The third-order valence-corrected chi connectivity index (χ3v) is 4.68. The van der Waals surface area contributed by atoms with Crippen LogP contribution in [0, 0.1) is 17.7 Å². The summed E-state index contributed by atoms with van der Waals surface area (Å²) in [6.45, 7) is 6.48. The highest BCUT2D eigenvalue weighted by molar-refractivity contribution is 5.82. The molecule has 6 nitrogen and oxygen atoms in total. The number of ether oxygens (including phenoxy) is 2. The molecule has 0 radical (unpaired) electrons. The van der Waals surface area contributed by atoms with Crippen LogP contribution in [0.25, 0.3) is 0 Å². The van der Waals surface area contributed by atoms with Gasteiger partial charge in [-0.3, -0.25) is 9.79 Å². The van der Waals surface area contributed by atoms with E-state index in [1.54, 1.807) is 19.2 Å². The van der Waals surface area contributed by atoms with E-state index < -0.39 is 0 Å². The van der Waals surface area contributed by atoms with Crippen molar-refractivity contribution in [1.29, 1.82) is 0 Å². The largest absolute Gasteiger partial charge is 0.469 e. The molecule has 0 aliphatic carbocycles. The second-order valence-electron chi connectivity index (χ2n) is 6.48. The van der Waals surface area contributed by atoms with E-state index in [1.807, 2.05) is 13.8 Å². The fraction of sp³-hybridized carbons (Fsp3) is 0.579. The maximum absolute atomic E-state index is 13.1. The number of nitrogens with zero attached hydrogens (tertiary/aromatic N) is 2. The molecule has 26 heavy (non-hydrogen) atoms. The summed E-state index contributed by atoms with van der Waals surface area (Å²) in [5.41, 5.74) is 0.871. The summed E-state index contributed by atoms with van der Waals surface area (Å²) in [4.78, 5) is 18.7. The van der Waals surface area contributed by atoms with Crippen LogP contribution in [-0.4, -0.2) is 57.2 Å². The summed E-state index contributed by atoms with van der Waals surface area (Å²) in [6.07, 6.45) is -0.263. The molecular weight excluding hydrogens is 337 g/mol. The zero-order valence-electron chi connectivity index (χ0n) is 15.9. The molecule has 1 aromatic rings. The van der Waals surface area contributed by atoms with Gasteiger partial charge in [-0.15, -0.1) is 0 Å². The first-order valence-electron chi connectivity index (χ1n) is 8.89. The van der Waals surface area contributed by atoms with Crippen LogP contribution in [0.2, 0.25) is 0 Å². The molecule has 1 aromatic carbocycles. The van der Waals surface area contributed by atoms with Gasteiger partial charge in [-0.05, 0) is 30.5 Å². The number of halogens is 1. The molecule has 2 rings (SSSR count). The molecule has 1 aliphatic rings. The predicted octanol–water partition coefficient (Wildman–Crippen LogP) is 2.22. The molecule has 0 spiro atoms. The van der Waals surface area contributed by atoms with Gasteiger partial charge in [0.15, 0.2) is 5.96 Å². The van der Waals surface area contributed by atoms with Crippen LogP contribution in [0.4, 0.5) is 4.39 Å². The highest BCUT2D eigenvalue weighted by atomic mass is 19.1. The Kier molecular flexibility index (Phi) is 7.38. The Bertz CT molecular complexity index is 621. The van der Waals surface area contributed by atoms with Crippen molar-refractivity contribution in [2.75, 3.05) is 40.4 Å². The Morgan fingerprint density at radius 1 is 1.35 bits per heavy atom. The Labute approximate surface area is 154 Å². The lowest BCUT2D eigenvalue weighted by Gasteiger charge is -2.22. The average molecular weight is 365 g/mol. The third-order valence-electron chi connectivity index (χ3n) is 4.68. The van der Waals surface area contributed by atoms with E-state index in [0.29, 0.717) is 13.1 Å². The number of carbonyl (C=O) groups is 1. The van der Waals surface area contributed by atoms with E-state index in [1.165, 1.54) is 19.2 Å². The first-order valence-corrected chi connectivity index (χ1v) is 8.89. The zero-order chi connectivity index (χ0) is 19.1. The molecule has 3 unspecified atom stereocenters. The van der Waals surface area contributed by atoms with Gasteiger partial charge in [0.05, 0.1) is 19.6 Å². The van der Waals surface area contributed by atoms with E-state index in [2.05, 4.69) is 15.2 Å². The SMILES string of the molecule is CCNC(=NCC(OC)c1ccc(F)cc1)N1CC(C)C(C(=O)OC)C1.